The number of carbonyl (C=O) groups is 1. The Morgan fingerprint density at radius 1 is 1.03 bits per heavy atom. The standard InChI is InChI=1S/C29H35NO3S/c1-20-5-7-22(8-6-20)29-27(25-14-11-23(31)19-26(25)34-29)28(32)21-9-12-24(13-10-21)33-18-17-30-15-3-2-4-16-30/h9-14,19-20,22,31H,2-8,15-18H2,1H3. The average molecular weight is 478 g/mol. The summed E-state index contributed by atoms with van der Waals surface area (Å²) >= 11 is 1.69. The number of carbonyl (C=O) groups excluding carboxylic acids is 1. The van der Waals surface area contributed by atoms with Crippen molar-refractivity contribution in [2.45, 2.75) is 57.8 Å². The highest BCUT2D eigenvalue weighted by Crippen LogP contribution is 2.45. The van der Waals surface area contributed by atoms with Crippen molar-refractivity contribution in [3.8, 4) is 11.5 Å². The lowest BCUT2D eigenvalue weighted by Gasteiger charge is -2.26. The van der Waals surface area contributed by atoms with Gasteiger partial charge in [0.1, 0.15) is 18.1 Å². The highest BCUT2D eigenvalue weighted by molar-refractivity contribution is 7.19. The van der Waals surface area contributed by atoms with Gasteiger partial charge < -0.3 is 9.84 Å². The summed E-state index contributed by atoms with van der Waals surface area (Å²) < 4.78 is 6.96. The first-order valence-corrected chi connectivity index (χ1v) is 13.7. The van der Waals surface area contributed by atoms with Gasteiger partial charge in [0.15, 0.2) is 5.78 Å². The van der Waals surface area contributed by atoms with Crippen LogP contribution in [0.15, 0.2) is 42.5 Å². The number of benzene rings is 2. The van der Waals surface area contributed by atoms with Gasteiger partial charge in [-0.2, -0.15) is 0 Å². The molecule has 0 atom stereocenters. The molecule has 5 heteroatoms. The summed E-state index contributed by atoms with van der Waals surface area (Å²) in [5.41, 5.74) is 1.53. The first kappa shape index (κ1) is 23.4. The summed E-state index contributed by atoms with van der Waals surface area (Å²) in [5, 5.41) is 11.0. The zero-order chi connectivity index (χ0) is 23.5. The van der Waals surface area contributed by atoms with Crippen molar-refractivity contribution in [1.29, 1.82) is 0 Å². The third kappa shape index (κ3) is 5.16. The van der Waals surface area contributed by atoms with Gasteiger partial charge in [0, 0.05) is 32.6 Å². The molecule has 0 bridgehead atoms. The van der Waals surface area contributed by atoms with Gasteiger partial charge in [-0.15, -0.1) is 11.3 Å². The van der Waals surface area contributed by atoms with Gasteiger partial charge in [-0.3, -0.25) is 9.69 Å². The van der Waals surface area contributed by atoms with Crippen LogP contribution < -0.4 is 4.74 Å². The van der Waals surface area contributed by atoms with E-state index in [1.54, 1.807) is 23.5 Å². The Labute approximate surface area is 206 Å². The molecule has 1 saturated heterocycles. The molecule has 34 heavy (non-hydrogen) atoms. The van der Waals surface area contributed by atoms with Gasteiger partial charge in [0.05, 0.1) is 0 Å². The number of thiophene rings is 1. The number of hydrogen-bond donors (Lipinski definition) is 1. The summed E-state index contributed by atoms with van der Waals surface area (Å²) in [6.07, 6.45) is 8.59. The van der Waals surface area contributed by atoms with E-state index in [0.717, 1.165) is 46.7 Å². The summed E-state index contributed by atoms with van der Waals surface area (Å²) in [6, 6.07) is 13.0. The van der Waals surface area contributed by atoms with E-state index in [-0.39, 0.29) is 11.5 Å². The molecule has 1 aliphatic heterocycles. The summed E-state index contributed by atoms with van der Waals surface area (Å²) in [6.45, 7) is 6.30. The molecule has 2 heterocycles. The van der Waals surface area contributed by atoms with Crippen LogP contribution in [0.4, 0.5) is 0 Å². The number of likely N-dealkylation sites (tertiary alicyclic amines) is 1. The number of hydrogen-bond acceptors (Lipinski definition) is 5. The fourth-order valence-corrected chi connectivity index (χ4v) is 6.87. The van der Waals surface area contributed by atoms with E-state index in [9.17, 15) is 9.90 Å². The highest BCUT2D eigenvalue weighted by Gasteiger charge is 2.28. The molecule has 4 nitrogen and oxygen atoms in total. The number of aromatic hydroxyl groups is 1. The maximum Gasteiger partial charge on any atom is 0.194 e. The third-order valence-corrected chi connectivity index (χ3v) is 8.87. The van der Waals surface area contributed by atoms with Crippen molar-refractivity contribution in [3.63, 3.8) is 0 Å². The Bertz CT molecular complexity index is 1120. The average Bonchev–Trinajstić information content (AvgIpc) is 3.23. The quantitative estimate of drug-likeness (QED) is 0.372. The minimum atomic E-state index is 0.0745. The fourth-order valence-electron chi connectivity index (χ4n) is 5.47. The van der Waals surface area contributed by atoms with Gasteiger partial charge in [0.2, 0.25) is 0 Å². The van der Waals surface area contributed by atoms with E-state index in [4.69, 9.17) is 4.74 Å². The monoisotopic (exact) mass is 477 g/mol. The van der Waals surface area contributed by atoms with Crippen molar-refractivity contribution >= 4 is 27.2 Å². The minimum Gasteiger partial charge on any atom is -0.508 e. The Kier molecular flexibility index (Phi) is 7.21. The molecular formula is C29H35NO3S. The molecule has 180 valence electrons. The predicted octanol–water partition coefficient (Wildman–Crippen LogP) is 7.00. The Morgan fingerprint density at radius 3 is 2.50 bits per heavy atom. The lowest BCUT2D eigenvalue weighted by atomic mass is 9.80. The SMILES string of the molecule is CC1CCC(c2sc3cc(O)ccc3c2C(=O)c2ccc(OCCN3CCCCC3)cc2)CC1. The lowest BCUT2D eigenvalue weighted by molar-refractivity contribution is 0.103. The molecule has 0 radical (unpaired) electrons. The molecule has 2 aliphatic rings. The molecule has 0 spiro atoms. The summed E-state index contributed by atoms with van der Waals surface area (Å²) in [7, 11) is 0. The zero-order valence-electron chi connectivity index (χ0n) is 20.1. The van der Waals surface area contributed by atoms with Gasteiger partial charge in [0.25, 0.3) is 0 Å². The van der Waals surface area contributed by atoms with Crippen LogP contribution in [0.1, 0.15) is 78.6 Å². The maximum absolute atomic E-state index is 13.8. The molecule has 3 aromatic rings. The highest BCUT2D eigenvalue weighted by atomic mass is 32.1. The van der Waals surface area contributed by atoms with E-state index in [2.05, 4.69) is 11.8 Å². The van der Waals surface area contributed by atoms with Gasteiger partial charge in [-0.1, -0.05) is 26.2 Å². The molecule has 1 N–H and O–H groups in total. The van der Waals surface area contributed by atoms with E-state index >= 15 is 0 Å². The number of phenols is 1. The molecule has 1 saturated carbocycles. The zero-order valence-corrected chi connectivity index (χ0v) is 20.9. The summed E-state index contributed by atoms with van der Waals surface area (Å²) in [4.78, 5) is 17.4. The number of nitrogens with zero attached hydrogens (tertiary/aromatic N) is 1. The van der Waals surface area contributed by atoms with Gasteiger partial charge >= 0.3 is 0 Å². The van der Waals surface area contributed by atoms with Gasteiger partial charge in [-0.25, -0.2) is 0 Å². The van der Waals surface area contributed by atoms with Crippen molar-refractivity contribution in [3.05, 3.63) is 58.5 Å². The molecule has 0 unspecified atom stereocenters. The van der Waals surface area contributed by atoms with E-state index in [1.807, 2.05) is 30.3 Å². The Hall–Kier alpha value is -2.37. The van der Waals surface area contributed by atoms with Crippen molar-refractivity contribution in [2.24, 2.45) is 5.92 Å². The fraction of sp³-hybridized carbons (Fsp3) is 0.483. The van der Waals surface area contributed by atoms with Crippen molar-refractivity contribution < 1.29 is 14.6 Å². The first-order chi connectivity index (χ1) is 16.6. The number of ketones is 1. The van der Waals surface area contributed by atoms with Gasteiger partial charge in [-0.05, 0) is 93.1 Å². The van der Waals surface area contributed by atoms with Crippen LogP contribution in [-0.4, -0.2) is 42.0 Å². The normalized spacial score (nSPS) is 21.6. The van der Waals surface area contributed by atoms with Crippen LogP contribution in [0.3, 0.4) is 0 Å². The Balaban J connectivity index is 1.34. The smallest absolute Gasteiger partial charge is 0.194 e. The number of fused-ring (bicyclic) bond motifs is 1. The molecule has 1 aliphatic carbocycles. The van der Waals surface area contributed by atoms with Crippen LogP contribution >= 0.6 is 11.3 Å². The summed E-state index contributed by atoms with van der Waals surface area (Å²) in [5.74, 6) is 2.33. The van der Waals surface area contributed by atoms with Crippen molar-refractivity contribution in [1.82, 2.24) is 4.90 Å². The maximum atomic E-state index is 13.8. The third-order valence-electron chi connectivity index (χ3n) is 7.56. The van der Waals surface area contributed by atoms with Crippen molar-refractivity contribution in [2.75, 3.05) is 26.2 Å². The van der Waals surface area contributed by atoms with Crippen LogP contribution in [0.25, 0.3) is 10.1 Å². The van der Waals surface area contributed by atoms with Crippen LogP contribution in [0.5, 0.6) is 11.5 Å². The number of phenolic OH excluding ortho intramolecular Hbond substituents is 1. The molecule has 0 amide bonds. The number of rotatable bonds is 7. The molecule has 2 fully saturated rings. The second kappa shape index (κ2) is 10.5. The lowest BCUT2D eigenvalue weighted by Crippen LogP contribution is -2.33. The van der Waals surface area contributed by atoms with Crippen LogP contribution in [0, 0.1) is 5.92 Å². The topological polar surface area (TPSA) is 49.8 Å². The predicted molar refractivity (Wildman–Crippen MR) is 140 cm³/mol. The Morgan fingerprint density at radius 2 is 1.76 bits per heavy atom. The van der Waals surface area contributed by atoms with E-state index in [0.29, 0.717) is 18.1 Å². The van der Waals surface area contributed by atoms with E-state index in [1.165, 1.54) is 50.1 Å². The molecular weight excluding hydrogens is 442 g/mol. The molecule has 2 aromatic carbocycles. The first-order valence-electron chi connectivity index (χ1n) is 12.8. The largest absolute Gasteiger partial charge is 0.508 e. The number of ether oxygens (including phenoxy) is 1. The molecule has 1 aromatic heterocycles. The minimum absolute atomic E-state index is 0.0745. The van der Waals surface area contributed by atoms with Crippen LogP contribution in [0.2, 0.25) is 0 Å². The second-order valence-corrected chi connectivity index (χ2v) is 11.2. The second-order valence-electron chi connectivity index (χ2n) is 10.1. The number of piperidine rings is 1. The molecule has 5 rings (SSSR count). The van der Waals surface area contributed by atoms with Crippen LogP contribution in [-0.2, 0) is 0 Å². The van der Waals surface area contributed by atoms with E-state index < -0.39 is 0 Å².